The van der Waals surface area contributed by atoms with Crippen molar-refractivity contribution in [2.75, 3.05) is 0 Å². The Morgan fingerprint density at radius 2 is 1.89 bits per heavy atom. The van der Waals surface area contributed by atoms with Crippen LogP contribution in [0.5, 0.6) is 0 Å². The van der Waals surface area contributed by atoms with E-state index in [0.717, 1.165) is 33.4 Å². The van der Waals surface area contributed by atoms with E-state index in [2.05, 4.69) is 10.3 Å². The van der Waals surface area contributed by atoms with Crippen LogP contribution in [0.1, 0.15) is 33.0 Å². The van der Waals surface area contributed by atoms with E-state index in [9.17, 15) is 9.59 Å². The Morgan fingerprint density at radius 1 is 1.07 bits per heavy atom. The highest BCUT2D eigenvalue weighted by atomic mass is 16.2. The van der Waals surface area contributed by atoms with E-state index in [1.807, 2.05) is 54.6 Å². The molecule has 0 saturated heterocycles. The quantitative estimate of drug-likeness (QED) is 0.736. The first-order valence-electron chi connectivity index (χ1n) is 8.81. The van der Waals surface area contributed by atoms with Gasteiger partial charge in [-0.2, -0.15) is 0 Å². The third kappa shape index (κ3) is 3.44. The van der Waals surface area contributed by atoms with Crippen LogP contribution in [0.15, 0.2) is 67.0 Å². The first-order valence-corrected chi connectivity index (χ1v) is 8.81. The summed E-state index contributed by atoms with van der Waals surface area (Å²) in [6.45, 7) is 0.548. The molecule has 3 N–H and O–H groups in total. The summed E-state index contributed by atoms with van der Waals surface area (Å²) in [6.07, 6.45) is 4.04. The molecule has 134 valence electrons. The summed E-state index contributed by atoms with van der Waals surface area (Å²) in [4.78, 5) is 28.0. The molecular formula is C22H19N3O2. The molecule has 0 aliphatic carbocycles. The Labute approximate surface area is 157 Å². The van der Waals surface area contributed by atoms with E-state index in [-0.39, 0.29) is 11.8 Å². The number of amides is 2. The molecule has 1 aliphatic heterocycles. The number of carbonyl (C=O) groups is 2. The number of pyridine rings is 1. The molecule has 27 heavy (non-hydrogen) atoms. The summed E-state index contributed by atoms with van der Waals surface area (Å²) >= 11 is 0. The zero-order chi connectivity index (χ0) is 18.8. The van der Waals surface area contributed by atoms with E-state index in [0.29, 0.717) is 13.0 Å². The monoisotopic (exact) mass is 357 g/mol. The lowest BCUT2D eigenvalue weighted by Crippen LogP contribution is -2.23. The first-order chi connectivity index (χ1) is 13.1. The van der Waals surface area contributed by atoms with E-state index >= 15 is 0 Å². The van der Waals surface area contributed by atoms with Crippen LogP contribution in [0.2, 0.25) is 0 Å². The molecule has 4 rings (SSSR count). The minimum atomic E-state index is -0.398. The Balaban J connectivity index is 1.63. The largest absolute Gasteiger partial charge is 0.369 e. The summed E-state index contributed by atoms with van der Waals surface area (Å²) < 4.78 is 0. The molecule has 5 heteroatoms. The lowest BCUT2D eigenvalue weighted by molar-refractivity contribution is -0.119. The molecule has 5 nitrogen and oxygen atoms in total. The summed E-state index contributed by atoms with van der Waals surface area (Å²) in [5, 5.41) is 2.83. The smallest absolute Gasteiger partial charge is 0.251 e. The van der Waals surface area contributed by atoms with Crippen molar-refractivity contribution in [3.63, 3.8) is 0 Å². The predicted octanol–water partition coefficient (Wildman–Crippen LogP) is 2.80. The van der Waals surface area contributed by atoms with Crippen LogP contribution in [0.3, 0.4) is 0 Å². The number of carbonyl (C=O) groups excluding carboxylic acids is 2. The SMILES string of the molecule is NC(=O)C(Cc1cncc(-c2ccc3c(c2)CNC3=O)c1)c1ccccc1. The van der Waals surface area contributed by atoms with Crippen molar-refractivity contribution in [2.45, 2.75) is 18.9 Å². The molecular weight excluding hydrogens is 338 g/mol. The van der Waals surface area contributed by atoms with Crippen molar-refractivity contribution in [1.82, 2.24) is 10.3 Å². The number of primary amides is 1. The van der Waals surface area contributed by atoms with Gasteiger partial charge in [0.2, 0.25) is 5.91 Å². The lowest BCUT2D eigenvalue weighted by Gasteiger charge is -2.14. The Morgan fingerprint density at radius 3 is 2.67 bits per heavy atom. The van der Waals surface area contributed by atoms with E-state index in [4.69, 9.17) is 5.73 Å². The zero-order valence-electron chi connectivity index (χ0n) is 14.7. The van der Waals surface area contributed by atoms with Crippen molar-refractivity contribution in [2.24, 2.45) is 5.73 Å². The molecule has 0 spiro atoms. The van der Waals surface area contributed by atoms with Gasteiger partial charge in [-0.1, -0.05) is 36.4 Å². The van der Waals surface area contributed by atoms with Crippen LogP contribution in [-0.4, -0.2) is 16.8 Å². The van der Waals surface area contributed by atoms with Crippen LogP contribution in [-0.2, 0) is 17.8 Å². The van der Waals surface area contributed by atoms with Crippen molar-refractivity contribution in [1.29, 1.82) is 0 Å². The van der Waals surface area contributed by atoms with E-state index in [1.165, 1.54) is 0 Å². The molecule has 1 unspecified atom stereocenters. The van der Waals surface area contributed by atoms with Gasteiger partial charge in [-0.15, -0.1) is 0 Å². The second-order valence-corrected chi connectivity index (χ2v) is 6.71. The second kappa shape index (κ2) is 7.03. The van der Waals surface area contributed by atoms with Crippen molar-refractivity contribution in [3.05, 3.63) is 89.2 Å². The third-order valence-electron chi connectivity index (χ3n) is 4.90. The van der Waals surface area contributed by atoms with Gasteiger partial charge in [0, 0.05) is 30.1 Å². The van der Waals surface area contributed by atoms with Gasteiger partial charge in [-0.3, -0.25) is 14.6 Å². The molecule has 2 amide bonds. The number of benzene rings is 2. The number of nitrogens with two attached hydrogens (primary N) is 1. The predicted molar refractivity (Wildman–Crippen MR) is 103 cm³/mol. The van der Waals surface area contributed by atoms with Gasteiger partial charge in [-0.05, 0) is 46.9 Å². The lowest BCUT2D eigenvalue weighted by atomic mass is 9.91. The minimum Gasteiger partial charge on any atom is -0.369 e. The molecule has 2 aromatic carbocycles. The van der Waals surface area contributed by atoms with Crippen molar-refractivity contribution >= 4 is 11.8 Å². The fourth-order valence-electron chi connectivity index (χ4n) is 3.47. The first kappa shape index (κ1) is 17.0. The molecule has 1 atom stereocenters. The van der Waals surface area contributed by atoms with Crippen LogP contribution in [0.25, 0.3) is 11.1 Å². The number of nitrogens with zero attached hydrogens (tertiary/aromatic N) is 1. The van der Waals surface area contributed by atoms with Gasteiger partial charge >= 0.3 is 0 Å². The van der Waals surface area contributed by atoms with Gasteiger partial charge in [0.05, 0.1) is 5.92 Å². The van der Waals surface area contributed by atoms with Crippen LogP contribution in [0, 0.1) is 0 Å². The number of aromatic nitrogens is 1. The molecule has 0 bridgehead atoms. The minimum absolute atomic E-state index is 0.0319. The van der Waals surface area contributed by atoms with Crippen LogP contribution in [0.4, 0.5) is 0 Å². The van der Waals surface area contributed by atoms with Crippen LogP contribution >= 0.6 is 0 Å². The number of hydrogen-bond acceptors (Lipinski definition) is 3. The van der Waals surface area contributed by atoms with Gasteiger partial charge in [0.25, 0.3) is 5.91 Å². The Hall–Kier alpha value is -3.47. The molecule has 1 aliphatic rings. The second-order valence-electron chi connectivity index (χ2n) is 6.71. The van der Waals surface area contributed by atoms with Crippen molar-refractivity contribution < 1.29 is 9.59 Å². The molecule has 0 fully saturated rings. The number of rotatable bonds is 5. The van der Waals surface area contributed by atoms with Crippen LogP contribution < -0.4 is 11.1 Å². The maximum Gasteiger partial charge on any atom is 0.251 e. The summed E-state index contributed by atoms with van der Waals surface area (Å²) in [7, 11) is 0. The highest BCUT2D eigenvalue weighted by molar-refractivity contribution is 5.98. The molecule has 0 saturated carbocycles. The Kier molecular flexibility index (Phi) is 4.42. The van der Waals surface area contributed by atoms with Gasteiger partial charge in [0.1, 0.15) is 0 Å². The highest BCUT2D eigenvalue weighted by Crippen LogP contribution is 2.27. The normalized spacial score (nSPS) is 13.7. The molecule has 3 aromatic rings. The summed E-state index contributed by atoms with van der Waals surface area (Å²) in [5.41, 5.74) is 11.1. The number of fused-ring (bicyclic) bond motifs is 1. The van der Waals surface area contributed by atoms with Crippen molar-refractivity contribution in [3.8, 4) is 11.1 Å². The zero-order valence-corrected chi connectivity index (χ0v) is 14.7. The molecule has 1 aromatic heterocycles. The summed E-state index contributed by atoms with van der Waals surface area (Å²) in [6, 6.07) is 17.4. The fraction of sp³-hybridized carbons (Fsp3) is 0.136. The topological polar surface area (TPSA) is 85.1 Å². The van der Waals surface area contributed by atoms with Gasteiger partial charge < -0.3 is 11.1 Å². The Bertz CT molecular complexity index is 1020. The fourth-order valence-corrected chi connectivity index (χ4v) is 3.47. The van der Waals surface area contributed by atoms with E-state index < -0.39 is 5.92 Å². The molecule has 0 radical (unpaired) electrons. The average Bonchev–Trinajstić information content (AvgIpc) is 3.07. The van der Waals surface area contributed by atoms with Gasteiger partial charge in [-0.25, -0.2) is 0 Å². The number of nitrogens with one attached hydrogen (secondary N) is 1. The maximum absolute atomic E-state index is 12.0. The highest BCUT2D eigenvalue weighted by Gasteiger charge is 2.20. The molecule has 2 heterocycles. The standard InChI is InChI=1S/C22H19N3O2/c23-21(26)20(15-4-2-1-3-5-15)9-14-8-17(12-24-11-14)16-6-7-19-18(10-16)13-25-22(19)27/h1-8,10-12,20H,9,13H2,(H2,23,26)(H,25,27). The summed E-state index contributed by atoms with van der Waals surface area (Å²) in [5.74, 6) is -0.783. The maximum atomic E-state index is 12.0. The van der Waals surface area contributed by atoms with E-state index in [1.54, 1.807) is 12.4 Å². The van der Waals surface area contributed by atoms with Gasteiger partial charge in [0.15, 0.2) is 0 Å². The number of hydrogen-bond donors (Lipinski definition) is 2. The third-order valence-corrected chi connectivity index (χ3v) is 4.90. The average molecular weight is 357 g/mol.